The molecule has 5 nitrogen and oxygen atoms in total. The molecule has 0 aromatic rings. The Morgan fingerprint density at radius 1 is 1.43 bits per heavy atom. The summed E-state index contributed by atoms with van der Waals surface area (Å²) in [4.78, 5) is 14.9. The molecule has 2 rings (SSSR count). The number of carbonyl (C=O) groups excluding carboxylic acids is 1. The van der Waals surface area contributed by atoms with Gasteiger partial charge in [0.1, 0.15) is 0 Å². The number of likely N-dealkylation sites (tertiary alicyclic amines) is 1. The van der Waals surface area contributed by atoms with Gasteiger partial charge in [0.25, 0.3) is 0 Å². The van der Waals surface area contributed by atoms with Crippen molar-refractivity contribution in [1.29, 1.82) is 0 Å². The predicted octanol–water partition coefficient (Wildman–Crippen LogP) is 0.765. The number of rotatable bonds is 5. The molecule has 2 saturated heterocycles. The third kappa shape index (κ3) is 4.55. The fraction of sp³-hybridized carbons (Fsp3) is 0.857. The number of nitrogens with two attached hydrogens (primary N) is 1. The number of thioether (sulfide) groups is 1. The summed E-state index contributed by atoms with van der Waals surface area (Å²) >= 11 is 6.95. The first kappa shape index (κ1) is 17.0. The SMILES string of the molecule is CSC1(C(N)=S)CCN(CC(=O)NC2CCOCC2)CC1. The second-order valence-corrected chi connectivity index (χ2v) is 7.42. The number of carbonyl (C=O) groups is 1. The lowest BCUT2D eigenvalue weighted by Gasteiger charge is -2.39. The summed E-state index contributed by atoms with van der Waals surface area (Å²) in [6.45, 7) is 3.72. The summed E-state index contributed by atoms with van der Waals surface area (Å²) in [5, 5.41) is 3.11. The molecule has 0 atom stereocenters. The first-order valence-electron chi connectivity index (χ1n) is 7.50. The van der Waals surface area contributed by atoms with Gasteiger partial charge in [0.05, 0.1) is 16.3 Å². The molecule has 0 spiro atoms. The minimum absolute atomic E-state index is 0.0803. The van der Waals surface area contributed by atoms with Gasteiger partial charge in [-0.3, -0.25) is 9.69 Å². The van der Waals surface area contributed by atoms with Gasteiger partial charge in [-0.2, -0.15) is 11.8 Å². The van der Waals surface area contributed by atoms with E-state index in [9.17, 15) is 4.79 Å². The van der Waals surface area contributed by atoms with Crippen molar-refractivity contribution in [3.63, 3.8) is 0 Å². The standard InChI is InChI=1S/C14H25N3O2S2/c1-21-14(13(15)20)4-6-17(7-5-14)10-12(18)16-11-2-8-19-9-3-11/h11H,2-10H2,1H3,(H2,15,20)(H,16,18). The Hall–Kier alpha value is -0.370. The minimum atomic E-state index is -0.0803. The highest BCUT2D eigenvalue weighted by molar-refractivity contribution is 8.02. The zero-order chi connectivity index (χ0) is 15.3. The molecule has 0 saturated carbocycles. The highest BCUT2D eigenvalue weighted by Gasteiger charge is 2.37. The molecule has 3 N–H and O–H groups in total. The Balaban J connectivity index is 1.75. The first-order valence-corrected chi connectivity index (χ1v) is 9.13. The molecule has 0 bridgehead atoms. The summed E-state index contributed by atoms with van der Waals surface area (Å²) in [5.74, 6) is 0.119. The number of amides is 1. The van der Waals surface area contributed by atoms with E-state index < -0.39 is 0 Å². The van der Waals surface area contributed by atoms with Crippen molar-refractivity contribution in [3.05, 3.63) is 0 Å². The molecule has 7 heteroatoms. The van der Waals surface area contributed by atoms with Crippen LogP contribution in [0.15, 0.2) is 0 Å². The third-order valence-corrected chi connectivity index (χ3v) is 6.39. The number of thiocarbonyl (C=S) groups is 1. The van der Waals surface area contributed by atoms with Crippen LogP contribution in [0.3, 0.4) is 0 Å². The van der Waals surface area contributed by atoms with Gasteiger partial charge < -0.3 is 15.8 Å². The van der Waals surface area contributed by atoms with Crippen molar-refractivity contribution in [1.82, 2.24) is 10.2 Å². The van der Waals surface area contributed by atoms with E-state index in [-0.39, 0.29) is 16.7 Å². The smallest absolute Gasteiger partial charge is 0.234 e. The number of hydrogen-bond acceptors (Lipinski definition) is 5. The highest BCUT2D eigenvalue weighted by atomic mass is 32.2. The van der Waals surface area contributed by atoms with Gasteiger partial charge in [0.2, 0.25) is 5.91 Å². The maximum atomic E-state index is 12.1. The second-order valence-electron chi connectivity index (χ2n) is 5.79. The van der Waals surface area contributed by atoms with Crippen LogP contribution in [0.5, 0.6) is 0 Å². The molecule has 21 heavy (non-hydrogen) atoms. The van der Waals surface area contributed by atoms with E-state index >= 15 is 0 Å². The van der Waals surface area contributed by atoms with Crippen LogP contribution >= 0.6 is 24.0 Å². The van der Waals surface area contributed by atoms with E-state index in [0.717, 1.165) is 52.0 Å². The van der Waals surface area contributed by atoms with Crippen LogP contribution in [0.2, 0.25) is 0 Å². The van der Waals surface area contributed by atoms with Gasteiger partial charge in [0.15, 0.2) is 0 Å². The normalized spacial score (nSPS) is 23.7. The molecule has 1 amide bonds. The summed E-state index contributed by atoms with van der Waals surface area (Å²) < 4.78 is 5.22. The molecule has 0 unspecified atom stereocenters. The summed E-state index contributed by atoms with van der Waals surface area (Å²) in [6, 6.07) is 0.276. The molecule has 120 valence electrons. The van der Waals surface area contributed by atoms with Crippen LogP contribution in [-0.2, 0) is 9.53 Å². The van der Waals surface area contributed by atoms with E-state index in [4.69, 9.17) is 22.7 Å². The van der Waals surface area contributed by atoms with Gasteiger partial charge in [-0.25, -0.2) is 0 Å². The van der Waals surface area contributed by atoms with E-state index in [0.29, 0.717) is 11.5 Å². The zero-order valence-corrected chi connectivity index (χ0v) is 14.2. The van der Waals surface area contributed by atoms with E-state index in [1.807, 2.05) is 0 Å². The van der Waals surface area contributed by atoms with Crippen molar-refractivity contribution in [2.24, 2.45) is 5.73 Å². The molecule has 0 radical (unpaired) electrons. The maximum Gasteiger partial charge on any atom is 0.234 e. The van der Waals surface area contributed by atoms with Gasteiger partial charge in [-0.1, -0.05) is 12.2 Å². The largest absolute Gasteiger partial charge is 0.392 e. The Labute approximate surface area is 136 Å². The topological polar surface area (TPSA) is 67.6 Å². The van der Waals surface area contributed by atoms with Crippen LogP contribution < -0.4 is 11.1 Å². The van der Waals surface area contributed by atoms with Crippen LogP contribution in [0.4, 0.5) is 0 Å². The summed E-state index contributed by atoms with van der Waals surface area (Å²) in [7, 11) is 0. The van der Waals surface area contributed by atoms with Crippen molar-refractivity contribution in [3.8, 4) is 0 Å². The monoisotopic (exact) mass is 331 g/mol. The lowest BCUT2D eigenvalue weighted by molar-refractivity contribution is -0.123. The van der Waals surface area contributed by atoms with Crippen LogP contribution in [0.1, 0.15) is 25.7 Å². The Morgan fingerprint density at radius 2 is 2.05 bits per heavy atom. The maximum absolute atomic E-state index is 12.1. The van der Waals surface area contributed by atoms with Gasteiger partial charge >= 0.3 is 0 Å². The van der Waals surface area contributed by atoms with Crippen LogP contribution in [0.25, 0.3) is 0 Å². The average Bonchev–Trinajstić information content (AvgIpc) is 2.49. The molecular formula is C14H25N3O2S2. The van der Waals surface area contributed by atoms with Gasteiger partial charge in [-0.05, 0) is 31.9 Å². The molecule has 2 fully saturated rings. The van der Waals surface area contributed by atoms with Crippen molar-refractivity contribution >= 4 is 34.9 Å². The van der Waals surface area contributed by atoms with E-state index in [1.165, 1.54) is 0 Å². The average molecular weight is 332 g/mol. The molecule has 2 aliphatic rings. The molecule has 0 aromatic heterocycles. The lowest BCUT2D eigenvalue weighted by Crippen LogP contribution is -2.52. The zero-order valence-electron chi connectivity index (χ0n) is 12.6. The molecule has 2 aliphatic heterocycles. The number of ether oxygens (including phenoxy) is 1. The summed E-state index contributed by atoms with van der Waals surface area (Å²) in [5.41, 5.74) is 5.88. The van der Waals surface area contributed by atoms with Crippen LogP contribution in [-0.4, -0.2) is 65.7 Å². The molecule has 0 aromatic carbocycles. The third-order valence-electron chi connectivity index (χ3n) is 4.46. The van der Waals surface area contributed by atoms with Crippen molar-refractivity contribution < 1.29 is 9.53 Å². The predicted molar refractivity (Wildman–Crippen MR) is 90.7 cm³/mol. The highest BCUT2D eigenvalue weighted by Crippen LogP contribution is 2.34. The molecule has 2 heterocycles. The Bertz CT molecular complexity index is 378. The quantitative estimate of drug-likeness (QED) is 0.725. The fourth-order valence-corrected chi connectivity index (χ4v) is 4.19. The van der Waals surface area contributed by atoms with Crippen molar-refractivity contribution in [2.45, 2.75) is 36.5 Å². The minimum Gasteiger partial charge on any atom is -0.392 e. The van der Waals surface area contributed by atoms with Crippen LogP contribution in [0, 0.1) is 0 Å². The van der Waals surface area contributed by atoms with E-state index in [2.05, 4.69) is 16.5 Å². The van der Waals surface area contributed by atoms with E-state index in [1.54, 1.807) is 11.8 Å². The number of piperidine rings is 1. The van der Waals surface area contributed by atoms with Gasteiger partial charge in [0, 0.05) is 32.3 Å². The Kier molecular flexibility index (Phi) is 6.28. The second kappa shape index (κ2) is 7.76. The lowest BCUT2D eigenvalue weighted by atomic mass is 9.95. The fourth-order valence-electron chi connectivity index (χ4n) is 2.94. The van der Waals surface area contributed by atoms with Gasteiger partial charge in [-0.15, -0.1) is 0 Å². The number of hydrogen-bond donors (Lipinski definition) is 2. The Morgan fingerprint density at radius 3 is 2.57 bits per heavy atom. The number of nitrogens with one attached hydrogen (secondary N) is 1. The molecule has 0 aliphatic carbocycles. The van der Waals surface area contributed by atoms with Crippen molar-refractivity contribution in [2.75, 3.05) is 39.1 Å². The first-order chi connectivity index (χ1) is 10.1. The molecular weight excluding hydrogens is 306 g/mol. The number of nitrogens with zero attached hydrogens (tertiary/aromatic N) is 1. The summed E-state index contributed by atoms with van der Waals surface area (Å²) in [6.07, 6.45) is 5.75.